The van der Waals surface area contributed by atoms with Gasteiger partial charge in [0.2, 0.25) is 0 Å². The summed E-state index contributed by atoms with van der Waals surface area (Å²) < 4.78 is 5.58. The monoisotopic (exact) mass is 473 g/mol. The zero-order chi connectivity index (χ0) is 24.3. The number of amides is 1. The van der Waals surface area contributed by atoms with Crippen molar-refractivity contribution < 1.29 is 9.53 Å². The number of ether oxygens (including phenoxy) is 1. The second-order valence-electron chi connectivity index (χ2n) is 9.09. The number of fused-ring (bicyclic) bond motifs is 1. The molecule has 0 aliphatic heterocycles. The number of rotatable bonds is 5. The first-order chi connectivity index (χ1) is 16.2. The SMILES string of the molecule is Cc1ccc(-n2nc3ccc(NC(=S)NC(=O)COc4ccc(C(C)(C)C)cc4)cc3n2)cc1. The third-order valence-electron chi connectivity index (χ3n) is 5.25. The van der Waals surface area contributed by atoms with Gasteiger partial charge in [-0.15, -0.1) is 10.2 Å². The van der Waals surface area contributed by atoms with Crippen LogP contribution in [0.5, 0.6) is 5.75 Å². The Labute approximate surface area is 204 Å². The predicted molar refractivity (Wildman–Crippen MR) is 139 cm³/mol. The van der Waals surface area contributed by atoms with Gasteiger partial charge in [0.1, 0.15) is 16.8 Å². The Morgan fingerprint density at radius 3 is 2.32 bits per heavy atom. The summed E-state index contributed by atoms with van der Waals surface area (Å²) in [6.45, 7) is 8.34. The van der Waals surface area contributed by atoms with Gasteiger partial charge in [-0.25, -0.2) is 0 Å². The minimum atomic E-state index is -0.344. The molecule has 2 N–H and O–H groups in total. The highest BCUT2D eigenvalue weighted by Gasteiger charge is 2.13. The molecule has 1 amide bonds. The van der Waals surface area contributed by atoms with Crippen LogP contribution in [-0.4, -0.2) is 32.6 Å². The Kier molecular flexibility index (Phi) is 6.61. The van der Waals surface area contributed by atoms with Crippen molar-refractivity contribution in [2.24, 2.45) is 0 Å². The average molecular weight is 474 g/mol. The van der Waals surface area contributed by atoms with Crippen molar-refractivity contribution in [2.45, 2.75) is 33.1 Å². The Bertz CT molecular complexity index is 1320. The number of hydrogen-bond acceptors (Lipinski definition) is 5. The number of thiocarbonyl (C=S) groups is 1. The molecule has 0 unspecified atom stereocenters. The second kappa shape index (κ2) is 9.61. The number of nitrogens with one attached hydrogen (secondary N) is 2. The quantitative estimate of drug-likeness (QED) is 0.401. The molecule has 1 aromatic heterocycles. The molecule has 174 valence electrons. The van der Waals surface area contributed by atoms with Crippen molar-refractivity contribution in [3.05, 3.63) is 77.9 Å². The molecule has 0 aliphatic rings. The molecule has 0 fully saturated rings. The van der Waals surface area contributed by atoms with E-state index in [0.717, 1.165) is 11.2 Å². The summed E-state index contributed by atoms with van der Waals surface area (Å²) in [6, 6.07) is 21.2. The van der Waals surface area contributed by atoms with Crippen LogP contribution in [0.2, 0.25) is 0 Å². The smallest absolute Gasteiger partial charge is 0.264 e. The van der Waals surface area contributed by atoms with Gasteiger partial charge in [-0.3, -0.25) is 10.1 Å². The van der Waals surface area contributed by atoms with E-state index in [0.29, 0.717) is 17.0 Å². The van der Waals surface area contributed by atoms with Gasteiger partial charge in [0, 0.05) is 5.69 Å². The molecule has 0 saturated heterocycles. The number of anilines is 1. The molecule has 4 aromatic rings. The number of nitrogens with zero attached hydrogens (tertiary/aromatic N) is 3. The lowest BCUT2D eigenvalue weighted by molar-refractivity contribution is -0.121. The van der Waals surface area contributed by atoms with Crippen LogP contribution in [-0.2, 0) is 10.2 Å². The fourth-order valence-corrected chi connectivity index (χ4v) is 3.54. The topological polar surface area (TPSA) is 81.1 Å². The summed E-state index contributed by atoms with van der Waals surface area (Å²) in [6.07, 6.45) is 0. The molecule has 0 atom stereocenters. The minimum Gasteiger partial charge on any atom is -0.484 e. The van der Waals surface area contributed by atoms with Gasteiger partial charge in [-0.2, -0.15) is 4.80 Å². The first kappa shape index (κ1) is 23.4. The Hall–Kier alpha value is -3.78. The van der Waals surface area contributed by atoms with Crippen LogP contribution in [0.3, 0.4) is 0 Å². The minimum absolute atomic E-state index is 0.0612. The van der Waals surface area contributed by atoms with Gasteiger partial charge < -0.3 is 10.1 Å². The van der Waals surface area contributed by atoms with Gasteiger partial charge >= 0.3 is 0 Å². The third kappa shape index (κ3) is 5.77. The zero-order valence-electron chi connectivity index (χ0n) is 19.6. The fourth-order valence-electron chi connectivity index (χ4n) is 3.31. The highest BCUT2D eigenvalue weighted by molar-refractivity contribution is 7.80. The van der Waals surface area contributed by atoms with Crippen LogP contribution in [0.1, 0.15) is 31.9 Å². The average Bonchev–Trinajstić information content (AvgIpc) is 3.21. The number of aryl methyl sites for hydroxylation is 1. The molecule has 7 nitrogen and oxygen atoms in total. The van der Waals surface area contributed by atoms with Crippen molar-refractivity contribution in [3.8, 4) is 11.4 Å². The summed E-state index contributed by atoms with van der Waals surface area (Å²) in [5.74, 6) is 0.285. The summed E-state index contributed by atoms with van der Waals surface area (Å²) in [5.41, 5.74) is 5.48. The molecule has 4 rings (SSSR count). The predicted octanol–water partition coefficient (Wildman–Crippen LogP) is 4.92. The number of benzene rings is 3. The molecule has 0 aliphatic carbocycles. The first-order valence-electron chi connectivity index (χ1n) is 11.0. The normalized spacial score (nSPS) is 11.3. The lowest BCUT2D eigenvalue weighted by atomic mass is 9.87. The van der Waals surface area contributed by atoms with Crippen molar-refractivity contribution in [1.29, 1.82) is 0 Å². The van der Waals surface area contributed by atoms with Gasteiger partial charge in [0.25, 0.3) is 5.91 Å². The molecule has 34 heavy (non-hydrogen) atoms. The van der Waals surface area contributed by atoms with Gasteiger partial charge in [0.15, 0.2) is 11.7 Å². The lowest BCUT2D eigenvalue weighted by Gasteiger charge is -2.19. The van der Waals surface area contributed by atoms with E-state index in [1.54, 1.807) is 4.80 Å². The molecule has 8 heteroatoms. The molecule has 1 heterocycles. The summed E-state index contributed by atoms with van der Waals surface area (Å²) >= 11 is 5.28. The van der Waals surface area contributed by atoms with Crippen LogP contribution in [0.25, 0.3) is 16.7 Å². The summed E-state index contributed by atoms with van der Waals surface area (Å²) in [4.78, 5) is 13.8. The fraction of sp³-hybridized carbons (Fsp3) is 0.231. The van der Waals surface area contributed by atoms with E-state index in [9.17, 15) is 4.79 Å². The van der Waals surface area contributed by atoms with E-state index in [1.807, 2.05) is 73.7 Å². The third-order valence-corrected chi connectivity index (χ3v) is 5.45. The van der Waals surface area contributed by atoms with E-state index >= 15 is 0 Å². The number of aromatic nitrogens is 3. The van der Waals surface area contributed by atoms with Crippen molar-refractivity contribution in [1.82, 2.24) is 20.3 Å². The van der Waals surface area contributed by atoms with Crippen LogP contribution in [0, 0.1) is 6.92 Å². The molecule has 0 bridgehead atoms. The maximum atomic E-state index is 12.3. The van der Waals surface area contributed by atoms with E-state index in [-0.39, 0.29) is 23.0 Å². The molecule has 0 saturated carbocycles. The number of carbonyl (C=O) groups is 1. The highest BCUT2D eigenvalue weighted by Crippen LogP contribution is 2.24. The van der Waals surface area contributed by atoms with E-state index < -0.39 is 0 Å². The molecular weight excluding hydrogens is 446 g/mol. The summed E-state index contributed by atoms with van der Waals surface area (Å²) in [5, 5.41) is 14.9. The van der Waals surface area contributed by atoms with Gasteiger partial charge in [-0.1, -0.05) is 50.6 Å². The summed E-state index contributed by atoms with van der Waals surface area (Å²) in [7, 11) is 0. The Morgan fingerprint density at radius 1 is 0.971 bits per heavy atom. The van der Waals surface area contributed by atoms with E-state index in [4.69, 9.17) is 17.0 Å². The van der Waals surface area contributed by atoms with Crippen molar-refractivity contribution in [2.75, 3.05) is 11.9 Å². The van der Waals surface area contributed by atoms with Crippen LogP contribution in [0.4, 0.5) is 5.69 Å². The van der Waals surface area contributed by atoms with Crippen LogP contribution >= 0.6 is 12.2 Å². The Balaban J connectivity index is 1.32. The maximum Gasteiger partial charge on any atom is 0.264 e. The maximum absolute atomic E-state index is 12.3. The van der Waals surface area contributed by atoms with Crippen molar-refractivity contribution in [3.63, 3.8) is 0 Å². The second-order valence-corrected chi connectivity index (χ2v) is 9.50. The Morgan fingerprint density at radius 2 is 1.65 bits per heavy atom. The van der Waals surface area contributed by atoms with Gasteiger partial charge in [0.05, 0.1) is 5.69 Å². The number of carbonyl (C=O) groups excluding carboxylic acids is 1. The lowest BCUT2D eigenvalue weighted by Crippen LogP contribution is -2.37. The molecule has 0 radical (unpaired) electrons. The molecular formula is C26H27N5O2S. The molecule has 3 aromatic carbocycles. The van der Waals surface area contributed by atoms with Crippen LogP contribution < -0.4 is 15.4 Å². The zero-order valence-corrected chi connectivity index (χ0v) is 20.4. The number of hydrogen-bond donors (Lipinski definition) is 2. The highest BCUT2D eigenvalue weighted by atomic mass is 32.1. The van der Waals surface area contributed by atoms with Crippen LogP contribution in [0.15, 0.2) is 66.7 Å². The van der Waals surface area contributed by atoms with Crippen molar-refractivity contribution >= 4 is 40.0 Å². The molecule has 0 spiro atoms. The van der Waals surface area contributed by atoms with E-state index in [1.165, 1.54) is 11.1 Å². The first-order valence-corrected chi connectivity index (χ1v) is 11.4. The van der Waals surface area contributed by atoms with E-state index in [2.05, 4.69) is 41.6 Å². The standard InChI is InChI=1S/C26H27N5O2S/c1-17-5-10-20(11-6-17)31-29-22-14-9-19(15-23(22)30-31)27-25(34)28-24(32)16-33-21-12-7-18(8-13-21)26(2,3)4/h5-15H,16H2,1-4H3,(H2,27,28,32,34). The van der Waals surface area contributed by atoms with Gasteiger partial charge in [-0.05, 0) is 72.6 Å². The largest absolute Gasteiger partial charge is 0.484 e.